The molecule has 4 heteroatoms. The quantitative estimate of drug-likeness (QED) is 0.761. The third-order valence-corrected chi connectivity index (χ3v) is 3.95. The molecule has 0 atom stereocenters. The van der Waals surface area contributed by atoms with Crippen LogP contribution in [0.15, 0.2) is 30.3 Å². The zero-order chi connectivity index (χ0) is 16.6. The first kappa shape index (κ1) is 18.2. The van der Waals surface area contributed by atoms with E-state index in [0.717, 1.165) is 19.3 Å². The Morgan fingerprint density at radius 1 is 1.18 bits per heavy atom. The van der Waals surface area contributed by atoms with Gasteiger partial charge in [0, 0.05) is 18.5 Å². The highest BCUT2D eigenvalue weighted by Crippen LogP contribution is 2.26. The number of rotatable bonds is 9. The van der Waals surface area contributed by atoms with Crippen molar-refractivity contribution in [2.75, 3.05) is 13.1 Å². The van der Waals surface area contributed by atoms with Crippen molar-refractivity contribution >= 4 is 11.9 Å². The molecular formula is C18H27NO3. The maximum atomic E-state index is 12.6. The van der Waals surface area contributed by atoms with Crippen molar-refractivity contribution in [3.63, 3.8) is 0 Å². The van der Waals surface area contributed by atoms with E-state index in [2.05, 4.69) is 12.1 Å². The highest BCUT2D eigenvalue weighted by atomic mass is 16.4. The van der Waals surface area contributed by atoms with Gasteiger partial charge >= 0.3 is 5.97 Å². The lowest BCUT2D eigenvalue weighted by Gasteiger charge is -2.31. The van der Waals surface area contributed by atoms with Crippen LogP contribution in [0.2, 0.25) is 0 Å². The summed E-state index contributed by atoms with van der Waals surface area (Å²) in [7, 11) is 0. The van der Waals surface area contributed by atoms with Gasteiger partial charge in [-0.2, -0.15) is 0 Å². The molecule has 0 aromatic heterocycles. The van der Waals surface area contributed by atoms with Crippen LogP contribution in [-0.4, -0.2) is 35.0 Å². The molecule has 0 bridgehead atoms. The smallest absolute Gasteiger partial charge is 0.305 e. The largest absolute Gasteiger partial charge is 0.481 e. The van der Waals surface area contributed by atoms with Crippen LogP contribution >= 0.6 is 0 Å². The number of aryl methyl sites for hydroxylation is 1. The summed E-state index contributed by atoms with van der Waals surface area (Å²) in [6.45, 7) is 6.62. The molecule has 0 unspecified atom stereocenters. The fraction of sp³-hybridized carbons (Fsp3) is 0.556. The van der Waals surface area contributed by atoms with Crippen molar-refractivity contribution < 1.29 is 14.7 Å². The lowest BCUT2D eigenvalue weighted by molar-refractivity contribution is -0.142. The van der Waals surface area contributed by atoms with Crippen molar-refractivity contribution in [1.82, 2.24) is 4.90 Å². The number of carboxylic acid groups (broad SMARTS) is 1. The maximum Gasteiger partial charge on any atom is 0.305 e. The average Bonchev–Trinajstić information content (AvgIpc) is 2.48. The number of benzene rings is 1. The van der Waals surface area contributed by atoms with Crippen molar-refractivity contribution in [2.45, 2.75) is 46.5 Å². The molecule has 122 valence electrons. The predicted molar refractivity (Wildman–Crippen MR) is 87.7 cm³/mol. The summed E-state index contributed by atoms with van der Waals surface area (Å²) < 4.78 is 0. The fourth-order valence-corrected chi connectivity index (χ4v) is 2.55. The third-order valence-electron chi connectivity index (χ3n) is 3.95. The van der Waals surface area contributed by atoms with E-state index >= 15 is 0 Å². The summed E-state index contributed by atoms with van der Waals surface area (Å²) in [5.41, 5.74) is 0.826. The Balaban J connectivity index is 2.51. The predicted octanol–water partition coefficient (Wildman–Crippen LogP) is 3.36. The molecule has 0 radical (unpaired) electrons. The van der Waals surface area contributed by atoms with Crippen molar-refractivity contribution in [3.8, 4) is 0 Å². The summed E-state index contributed by atoms with van der Waals surface area (Å²) in [5.74, 6) is -0.822. The first-order valence-electron chi connectivity index (χ1n) is 7.92. The van der Waals surface area contributed by atoms with Gasteiger partial charge in [-0.15, -0.1) is 0 Å². The SMILES string of the molecule is CCN(CCC(=O)O)C(=O)C(C)(C)CCCc1ccccc1. The number of carbonyl (C=O) groups excluding carboxylic acids is 1. The molecule has 0 aliphatic carbocycles. The second-order valence-corrected chi connectivity index (χ2v) is 6.25. The van der Waals surface area contributed by atoms with Crippen LogP contribution in [0.3, 0.4) is 0 Å². The molecule has 22 heavy (non-hydrogen) atoms. The molecule has 0 fully saturated rings. The van der Waals surface area contributed by atoms with Crippen molar-refractivity contribution in [3.05, 3.63) is 35.9 Å². The van der Waals surface area contributed by atoms with E-state index in [4.69, 9.17) is 5.11 Å². The van der Waals surface area contributed by atoms with Gasteiger partial charge in [0.2, 0.25) is 5.91 Å². The Hall–Kier alpha value is -1.84. The zero-order valence-corrected chi connectivity index (χ0v) is 13.8. The average molecular weight is 305 g/mol. The lowest BCUT2D eigenvalue weighted by atomic mass is 9.85. The van der Waals surface area contributed by atoms with E-state index in [1.165, 1.54) is 5.56 Å². The summed E-state index contributed by atoms with van der Waals surface area (Å²) in [6.07, 6.45) is 2.70. The van der Waals surface area contributed by atoms with Crippen molar-refractivity contribution in [1.29, 1.82) is 0 Å². The first-order valence-corrected chi connectivity index (χ1v) is 7.92. The topological polar surface area (TPSA) is 57.6 Å². The third kappa shape index (κ3) is 5.88. The molecule has 0 aliphatic rings. The highest BCUT2D eigenvalue weighted by Gasteiger charge is 2.30. The minimum atomic E-state index is -0.867. The maximum absolute atomic E-state index is 12.6. The summed E-state index contributed by atoms with van der Waals surface area (Å²) in [5, 5.41) is 8.77. The van der Waals surface area contributed by atoms with E-state index in [1.807, 2.05) is 39.0 Å². The number of hydrogen-bond donors (Lipinski definition) is 1. The molecule has 1 aromatic carbocycles. The van der Waals surface area contributed by atoms with Gasteiger partial charge in [-0.25, -0.2) is 0 Å². The van der Waals surface area contributed by atoms with E-state index in [9.17, 15) is 9.59 Å². The van der Waals surface area contributed by atoms with Gasteiger partial charge in [0.25, 0.3) is 0 Å². The zero-order valence-electron chi connectivity index (χ0n) is 13.8. The van der Waals surface area contributed by atoms with E-state index in [1.54, 1.807) is 4.90 Å². The fourth-order valence-electron chi connectivity index (χ4n) is 2.55. The second kappa shape index (κ2) is 8.57. The number of hydrogen-bond acceptors (Lipinski definition) is 2. The normalized spacial score (nSPS) is 11.2. The van der Waals surface area contributed by atoms with Crippen LogP contribution < -0.4 is 0 Å². The Labute approximate surface area is 133 Å². The number of carbonyl (C=O) groups is 2. The van der Waals surface area contributed by atoms with Gasteiger partial charge in [-0.05, 0) is 31.7 Å². The lowest BCUT2D eigenvalue weighted by Crippen LogP contribution is -2.42. The Kier molecular flexibility index (Phi) is 7.09. The second-order valence-electron chi connectivity index (χ2n) is 6.25. The van der Waals surface area contributed by atoms with Gasteiger partial charge in [-0.1, -0.05) is 44.2 Å². The molecule has 0 aliphatic heterocycles. The molecule has 0 heterocycles. The minimum Gasteiger partial charge on any atom is -0.481 e. The Morgan fingerprint density at radius 2 is 1.82 bits per heavy atom. The van der Waals surface area contributed by atoms with Gasteiger partial charge in [-0.3, -0.25) is 9.59 Å². The summed E-state index contributed by atoms with van der Waals surface area (Å²) >= 11 is 0. The minimum absolute atomic E-state index is 0.000322. The summed E-state index contributed by atoms with van der Waals surface area (Å²) in [6, 6.07) is 10.2. The van der Waals surface area contributed by atoms with Crippen LogP contribution in [0.1, 0.15) is 45.6 Å². The highest BCUT2D eigenvalue weighted by molar-refractivity contribution is 5.82. The Morgan fingerprint density at radius 3 is 2.36 bits per heavy atom. The van der Waals surface area contributed by atoms with Crippen LogP contribution in [-0.2, 0) is 16.0 Å². The molecule has 1 aromatic rings. The molecule has 1 amide bonds. The molecule has 4 nitrogen and oxygen atoms in total. The monoisotopic (exact) mass is 305 g/mol. The number of nitrogens with zero attached hydrogens (tertiary/aromatic N) is 1. The van der Waals surface area contributed by atoms with Crippen LogP contribution in [0.25, 0.3) is 0 Å². The molecule has 1 N–H and O–H groups in total. The van der Waals surface area contributed by atoms with Crippen LogP contribution in [0.5, 0.6) is 0 Å². The van der Waals surface area contributed by atoms with Gasteiger partial charge in [0.1, 0.15) is 0 Å². The molecule has 0 saturated carbocycles. The Bertz CT molecular complexity index is 482. The number of aliphatic carboxylic acids is 1. The molecular weight excluding hydrogens is 278 g/mol. The van der Waals surface area contributed by atoms with Crippen LogP contribution in [0.4, 0.5) is 0 Å². The molecule has 0 spiro atoms. The van der Waals surface area contributed by atoms with E-state index in [0.29, 0.717) is 6.54 Å². The number of amides is 1. The van der Waals surface area contributed by atoms with Crippen molar-refractivity contribution in [2.24, 2.45) is 5.41 Å². The first-order chi connectivity index (χ1) is 10.4. The van der Waals surface area contributed by atoms with E-state index in [-0.39, 0.29) is 18.9 Å². The van der Waals surface area contributed by atoms with Gasteiger partial charge in [0.15, 0.2) is 0 Å². The van der Waals surface area contributed by atoms with Crippen LogP contribution in [0, 0.1) is 5.41 Å². The summed E-state index contributed by atoms with van der Waals surface area (Å²) in [4.78, 5) is 24.9. The van der Waals surface area contributed by atoms with E-state index < -0.39 is 11.4 Å². The molecule has 1 rings (SSSR count). The van der Waals surface area contributed by atoms with Gasteiger partial charge in [0.05, 0.1) is 6.42 Å². The van der Waals surface area contributed by atoms with Gasteiger partial charge < -0.3 is 10.0 Å². The number of carboxylic acids is 1. The standard InChI is InChI=1S/C18H27NO3/c1-4-19(14-12-16(20)21)17(22)18(2,3)13-8-11-15-9-6-5-7-10-15/h5-7,9-10H,4,8,11-14H2,1-3H3,(H,20,21). The molecule has 0 saturated heterocycles.